The SMILES string of the molecule is CCC(C(=O)Nc1ccc([N+](=O)[O-])cc1)S(=O)(=O)[O-].[Na+]. The zero-order valence-corrected chi connectivity index (χ0v) is 13.7. The molecule has 0 heterocycles. The van der Waals surface area contributed by atoms with Crippen LogP contribution in [-0.4, -0.2) is 29.1 Å². The van der Waals surface area contributed by atoms with Crippen molar-refractivity contribution < 1.29 is 52.2 Å². The molecule has 10 heteroatoms. The second kappa shape index (κ2) is 7.70. The van der Waals surface area contributed by atoms with E-state index in [1.807, 2.05) is 0 Å². The summed E-state index contributed by atoms with van der Waals surface area (Å²) in [6.07, 6.45) is -0.148. The number of anilines is 1. The molecule has 104 valence electrons. The van der Waals surface area contributed by atoms with Gasteiger partial charge in [0, 0.05) is 17.8 Å². The van der Waals surface area contributed by atoms with E-state index in [0.717, 1.165) is 12.1 Å². The summed E-state index contributed by atoms with van der Waals surface area (Å²) in [7, 11) is -4.73. The maximum Gasteiger partial charge on any atom is 1.00 e. The van der Waals surface area contributed by atoms with E-state index in [1.165, 1.54) is 19.1 Å². The summed E-state index contributed by atoms with van der Waals surface area (Å²) in [6.45, 7) is 1.40. The van der Waals surface area contributed by atoms with Gasteiger partial charge in [0.2, 0.25) is 5.91 Å². The summed E-state index contributed by atoms with van der Waals surface area (Å²) in [6, 6.07) is 4.81. The zero-order chi connectivity index (χ0) is 14.6. The van der Waals surface area contributed by atoms with E-state index < -0.39 is 26.2 Å². The molecule has 0 aliphatic rings. The van der Waals surface area contributed by atoms with Gasteiger partial charge in [0.25, 0.3) is 5.69 Å². The van der Waals surface area contributed by atoms with Crippen molar-refractivity contribution in [1.29, 1.82) is 0 Å². The van der Waals surface area contributed by atoms with Crippen LogP contribution in [-0.2, 0) is 14.9 Å². The van der Waals surface area contributed by atoms with Crippen molar-refractivity contribution in [3.63, 3.8) is 0 Å². The monoisotopic (exact) mass is 310 g/mol. The molecule has 1 unspecified atom stereocenters. The number of hydrogen-bond donors (Lipinski definition) is 1. The van der Waals surface area contributed by atoms with Crippen LogP contribution in [0.3, 0.4) is 0 Å². The number of nitrogens with zero attached hydrogens (tertiary/aromatic N) is 1. The molecule has 0 aliphatic heterocycles. The van der Waals surface area contributed by atoms with Crippen molar-refractivity contribution in [2.75, 3.05) is 5.32 Å². The predicted octanol–water partition coefficient (Wildman–Crippen LogP) is -2.14. The fourth-order valence-electron chi connectivity index (χ4n) is 1.41. The molecule has 1 rings (SSSR count). The summed E-state index contributed by atoms with van der Waals surface area (Å²) < 4.78 is 32.5. The number of non-ortho nitro benzene ring substituents is 1. The van der Waals surface area contributed by atoms with E-state index in [-0.39, 0.29) is 47.4 Å². The first-order chi connectivity index (χ1) is 8.75. The van der Waals surface area contributed by atoms with Crippen LogP contribution in [0.2, 0.25) is 0 Å². The van der Waals surface area contributed by atoms with Gasteiger partial charge in [-0.3, -0.25) is 14.9 Å². The normalized spacial score (nSPS) is 12.1. The average Bonchev–Trinajstić information content (AvgIpc) is 2.28. The van der Waals surface area contributed by atoms with Gasteiger partial charge in [-0.1, -0.05) is 6.92 Å². The number of carbonyl (C=O) groups excluding carboxylic acids is 1. The molecular formula is C10H11N2NaO6S. The van der Waals surface area contributed by atoms with Crippen molar-refractivity contribution >= 4 is 27.4 Å². The fraction of sp³-hybridized carbons (Fsp3) is 0.300. The van der Waals surface area contributed by atoms with Gasteiger partial charge in [-0.15, -0.1) is 0 Å². The summed E-state index contributed by atoms with van der Waals surface area (Å²) in [5, 5.41) is 11.0. The third-order valence-electron chi connectivity index (χ3n) is 2.36. The Morgan fingerprint density at radius 2 is 1.85 bits per heavy atom. The third-order valence-corrected chi connectivity index (χ3v) is 3.60. The molecule has 0 fully saturated rings. The Morgan fingerprint density at radius 3 is 2.20 bits per heavy atom. The third kappa shape index (κ3) is 5.17. The van der Waals surface area contributed by atoms with Gasteiger partial charge in [0.15, 0.2) is 0 Å². The second-order valence-corrected chi connectivity index (χ2v) is 5.24. The van der Waals surface area contributed by atoms with Gasteiger partial charge in [0.1, 0.15) is 15.4 Å². The molecular weight excluding hydrogens is 299 g/mol. The van der Waals surface area contributed by atoms with Crippen LogP contribution in [0, 0.1) is 10.1 Å². The Morgan fingerprint density at radius 1 is 1.35 bits per heavy atom. The van der Waals surface area contributed by atoms with Crippen LogP contribution in [0.5, 0.6) is 0 Å². The number of nitrogens with one attached hydrogen (secondary N) is 1. The zero-order valence-electron chi connectivity index (χ0n) is 10.9. The Balaban J connectivity index is 0.00000361. The summed E-state index contributed by atoms with van der Waals surface area (Å²) in [4.78, 5) is 21.4. The van der Waals surface area contributed by atoms with Gasteiger partial charge < -0.3 is 9.87 Å². The van der Waals surface area contributed by atoms with Crippen molar-refractivity contribution in [2.24, 2.45) is 0 Å². The van der Waals surface area contributed by atoms with Crippen LogP contribution in [0.4, 0.5) is 11.4 Å². The molecule has 0 radical (unpaired) electrons. The van der Waals surface area contributed by atoms with E-state index in [1.54, 1.807) is 0 Å². The maximum atomic E-state index is 11.6. The van der Waals surface area contributed by atoms with Crippen LogP contribution < -0.4 is 34.9 Å². The minimum Gasteiger partial charge on any atom is -0.747 e. The minimum atomic E-state index is -4.73. The summed E-state index contributed by atoms with van der Waals surface area (Å²) >= 11 is 0. The smallest absolute Gasteiger partial charge is 0.747 e. The number of nitro benzene ring substituents is 1. The van der Waals surface area contributed by atoms with E-state index >= 15 is 0 Å². The van der Waals surface area contributed by atoms with Gasteiger partial charge >= 0.3 is 29.6 Å². The minimum absolute atomic E-state index is 0. The molecule has 0 spiro atoms. The quantitative estimate of drug-likeness (QED) is 0.286. The topological polar surface area (TPSA) is 129 Å². The van der Waals surface area contributed by atoms with Gasteiger partial charge in [-0.25, -0.2) is 8.42 Å². The first kappa shape index (κ1) is 19.0. The van der Waals surface area contributed by atoms with Crippen LogP contribution in [0.1, 0.15) is 13.3 Å². The van der Waals surface area contributed by atoms with Crippen molar-refractivity contribution in [3.05, 3.63) is 34.4 Å². The Bertz CT molecular complexity index is 586. The van der Waals surface area contributed by atoms with E-state index in [2.05, 4.69) is 5.32 Å². The van der Waals surface area contributed by atoms with Crippen molar-refractivity contribution in [2.45, 2.75) is 18.6 Å². The molecule has 8 nitrogen and oxygen atoms in total. The Kier molecular flexibility index (Phi) is 7.31. The Hall–Kier alpha value is -1.000. The molecule has 1 amide bonds. The first-order valence-corrected chi connectivity index (χ1v) is 6.73. The number of hydrogen-bond acceptors (Lipinski definition) is 6. The maximum absolute atomic E-state index is 11.6. The fourth-order valence-corrected chi connectivity index (χ4v) is 2.14. The summed E-state index contributed by atoms with van der Waals surface area (Å²) in [5.41, 5.74) is 0.0131. The first-order valence-electron chi connectivity index (χ1n) is 5.25. The molecule has 1 aromatic rings. The largest absolute Gasteiger partial charge is 1.00 e. The predicted molar refractivity (Wildman–Crippen MR) is 65.5 cm³/mol. The molecule has 0 saturated heterocycles. The van der Waals surface area contributed by atoms with Gasteiger partial charge in [0.05, 0.1) is 4.92 Å². The van der Waals surface area contributed by atoms with Crippen LogP contribution in [0.25, 0.3) is 0 Å². The number of rotatable bonds is 5. The van der Waals surface area contributed by atoms with E-state index in [0.29, 0.717) is 0 Å². The molecule has 1 aromatic carbocycles. The standard InChI is InChI=1S/C10H12N2O6S.Na/c1-2-9(19(16,17)18)10(13)11-7-3-5-8(6-4-7)12(14)15;/h3-6,9H,2H2,1H3,(H,11,13)(H,16,17,18);/q;+1/p-1. The summed E-state index contributed by atoms with van der Waals surface area (Å²) in [5.74, 6) is -0.952. The molecule has 20 heavy (non-hydrogen) atoms. The number of benzene rings is 1. The van der Waals surface area contributed by atoms with Crippen molar-refractivity contribution in [3.8, 4) is 0 Å². The van der Waals surface area contributed by atoms with Crippen LogP contribution >= 0.6 is 0 Å². The molecule has 0 aliphatic carbocycles. The molecule has 0 saturated carbocycles. The number of carbonyl (C=O) groups is 1. The van der Waals surface area contributed by atoms with Crippen LogP contribution in [0.15, 0.2) is 24.3 Å². The number of nitro groups is 1. The Labute approximate surface area is 137 Å². The van der Waals surface area contributed by atoms with Crippen molar-refractivity contribution in [1.82, 2.24) is 0 Å². The second-order valence-electron chi connectivity index (χ2n) is 3.68. The van der Waals surface area contributed by atoms with E-state index in [4.69, 9.17) is 0 Å². The van der Waals surface area contributed by atoms with Gasteiger partial charge in [-0.2, -0.15) is 0 Å². The molecule has 1 N–H and O–H groups in total. The van der Waals surface area contributed by atoms with Gasteiger partial charge in [-0.05, 0) is 18.6 Å². The van der Waals surface area contributed by atoms with E-state index in [9.17, 15) is 27.9 Å². The molecule has 0 bridgehead atoms. The number of amides is 1. The average molecular weight is 310 g/mol. The molecule has 0 aromatic heterocycles. The molecule has 1 atom stereocenters.